The maximum atomic E-state index is 12.8. The summed E-state index contributed by atoms with van der Waals surface area (Å²) in [6.07, 6.45) is 0.816. The van der Waals surface area contributed by atoms with Gasteiger partial charge >= 0.3 is 5.82 Å². The fourth-order valence-electron chi connectivity index (χ4n) is 3.03. The molecule has 0 saturated heterocycles. The standard InChI is InChI=1S/C16H17BrN4O3/c1-10-14(17)15(21(23)24)18-20(10)11(2)16(22)19-8-7-12-5-3-4-6-13(12)9-19/h3-6,11H,7-9H2,1-2H3/t11-/m1/s1. The average molecular weight is 393 g/mol. The summed E-state index contributed by atoms with van der Waals surface area (Å²) in [5, 5.41) is 15.0. The minimum atomic E-state index is -0.597. The first kappa shape index (κ1) is 16.6. The maximum Gasteiger partial charge on any atom is 0.404 e. The van der Waals surface area contributed by atoms with Crippen LogP contribution in [0.2, 0.25) is 0 Å². The smallest absolute Gasteiger partial charge is 0.358 e. The molecule has 24 heavy (non-hydrogen) atoms. The minimum absolute atomic E-state index is 0.0856. The second kappa shape index (κ2) is 6.35. The zero-order valence-electron chi connectivity index (χ0n) is 13.4. The topological polar surface area (TPSA) is 81.3 Å². The molecule has 3 rings (SSSR count). The molecule has 0 unspecified atom stereocenters. The number of amides is 1. The van der Waals surface area contributed by atoms with E-state index in [9.17, 15) is 14.9 Å². The first-order valence-electron chi connectivity index (χ1n) is 7.64. The van der Waals surface area contributed by atoms with Gasteiger partial charge in [0.05, 0.1) is 10.8 Å². The summed E-state index contributed by atoms with van der Waals surface area (Å²) >= 11 is 3.19. The zero-order valence-corrected chi connectivity index (χ0v) is 15.0. The maximum absolute atomic E-state index is 12.8. The van der Waals surface area contributed by atoms with E-state index in [1.54, 1.807) is 18.7 Å². The number of benzene rings is 1. The van der Waals surface area contributed by atoms with Gasteiger partial charge in [-0.2, -0.15) is 4.68 Å². The van der Waals surface area contributed by atoms with Crippen LogP contribution in [0.1, 0.15) is 29.8 Å². The Morgan fingerprint density at radius 2 is 2.04 bits per heavy atom. The molecule has 0 aliphatic carbocycles. The van der Waals surface area contributed by atoms with Crippen LogP contribution in [0.3, 0.4) is 0 Å². The molecular weight excluding hydrogens is 376 g/mol. The summed E-state index contributed by atoms with van der Waals surface area (Å²) < 4.78 is 1.74. The van der Waals surface area contributed by atoms with Gasteiger partial charge in [0.25, 0.3) is 0 Å². The van der Waals surface area contributed by atoms with E-state index in [4.69, 9.17) is 0 Å². The van der Waals surface area contributed by atoms with Gasteiger partial charge in [-0.1, -0.05) is 24.3 Å². The molecule has 1 amide bonds. The van der Waals surface area contributed by atoms with Crippen LogP contribution in [0.4, 0.5) is 5.82 Å². The summed E-state index contributed by atoms with van der Waals surface area (Å²) in [4.78, 5) is 25.1. The highest BCUT2D eigenvalue weighted by Gasteiger charge is 2.32. The molecule has 126 valence electrons. The number of nitrogens with zero attached hydrogens (tertiary/aromatic N) is 4. The highest BCUT2D eigenvalue weighted by Crippen LogP contribution is 2.30. The minimum Gasteiger partial charge on any atom is -0.358 e. The van der Waals surface area contributed by atoms with Crippen LogP contribution in [-0.4, -0.2) is 32.1 Å². The third-order valence-electron chi connectivity index (χ3n) is 4.40. The van der Waals surface area contributed by atoms with E-state index >= 15 is 0 Å². The summed E-state index contributed by atoms with van der Waals surface area (Å²) in [6, 6.07) is 7.48. The van der Waals surface area contributed by atoms with Crippen LogP contribution >= 0.6 is 15.9 Å². The lowest BCUT2D eigenvalue weighted by atomic mass is 9.99. The molecule has 2 heterocycles. The van der Waals surface area contributed by atoms with Crippen molar-refractivity contribution in [3.8, 4) is 0 Å². The lowest BCUT2D eigenvalue weighted by molar-refractivity contribution is -0.390. The number of nitro groups is 1. The molecule has 1 atom stereocenters. The van der Waals surface area contributed by atoms with Crippen LogP contribution in [0, 0.1) is 17.0 Å². The molecule has 7 nitrogen and oxygen atoms in total. The molecule has 2 aromatic rings. The second-order valence-corrected chi connectivity index (χ2v) is 6.67. The molecule has 1 aromatic heterocycles. The van der Waals surface area contributed by atoms with Crippen molar-refractivity contribution in [3.05, 3.63) is 55.7 Å². The molecule has 1 aliphatic rings. The Bertz CT molecular complexity index is 818. The number of rotatable bonds is 3. The Balaban J connectivity index is 1.84. The highest BCUT2D eigenvalue weighted by molar-refractivity contribution is 9.10. The summed E-state index contributed by atoms with van der Waals surface area (Å²) in [6.45, 7) is 4.63. The fourth-order valence-corrected chi connectivity index (χ4v) is 3.44. The van der Waals surface area contributed by atoms with Crippen molar-refractivity contribution in [2.45, 2.75) is 32.9 Å². The third-order valence-corrected chi connectivity index (χ3v) is 5.33. The van der Waals surface area contributed by atoms with Gasteiger partial charge in [0, 0.05) is 13.1 Å². The van der Waals surface area contributed by atoms with Crippen LogP contribution < -0.4 is 0 Å². The van der Waals surface area contributed by atoms with E-state index in [1.807, 2.05) is 18.2 Å². The molecule has 0 spiro atoms. The lowest BCUT2D eigenvalue weighted by Crippen LogP contribution is -2.40. The van der Waals surface area contributed by atoms with Gasteiger partial charge in [0.1, 0.15) is 10.5 Å². The van der Waals surface area contributed by atoms with Gasteiger partial charge in [0.2, 0.25) is 5.91 Å². The van der Waals surface area contributed by atoms with Crippen LogP contribution in [0.15, 0.2) is 28.7 Å². The molecule has 0 N–H and O–H groups in total. The molecular formula is C16H17BrN4O3. The van der Waals surface area contributed by atoms with E-state index in [0.29, 0.717) is 23.3 Å². The molecule has 0 bridgehead atoms. The Morgan fingerprint density at radius 1 is 1.38 bits per heavy atom. The van der Waals surface area contributed by atoms with Crippen molar-refractivity contribution in [3.63, 3.8) is 0 Å². The van der Waals surface area contributed by atoms with Crippen molar-refractivity contribution in [1.29, 1.82) is 0 Å². The van der Waals surface area contributed by atoms with E-state index in [-0.39, 0.29) is 11.7 Å². The van der Waals surface area contributed by atoms with Gasteiger partial charge in [-0.05, 0) is 52.2 Å². The Labute approximate surface area is 147 Å². The zero-order chi connectivity index (χ0) is 17.4. The van der Waals surface area contributed by atoms with Crippen molar-refractivity contribution in [2.24, 2.45) is 0 Å². The van der Waals surface area contributed by atoms with E-state index in [2.05, 4.69) is 27.1 Å². The number of fused-ring (bicyclic) bond motifs is 1. The predicted molar refractivity (Wildman–Crippen MR) is 91.6 cm³/mol. The molecule has 0 fully saturated rings. The van der Waals surface area contributed by atoms with Crippen molar-refractivity contribution < 1.29 is 9.72 Å². The van der Waals surface area contributed by atoms with Crippen LogP contribution in [0.25, 0.3) is 0 Å². The van der Waals surface area contributed by atoms with Crippen LogP contribution in [0.5, 0.6) is 0 Å². The first-order chi connectivity index (χ1) is 11.4. The molecule has 1 aliphatic heterocycles. The number of aromatic nitrogens is 2. The molecule has 0 saturated carbocycles. The number of hydrogen-bond donors (Lipinski definition) is 0. The van der Waals surface area contributed by atoms with Crippen molar-refractivity contribution >= 4 is 27.7 Å². The van der Waals surface area contributed by atoms with E-state index in [0.717, 1.165) is 12.0 Å². The largest absolute Gasteiger partial charge is 0.404 e. The summed E-state index contributed by atoms with van der Waals surface area (Å²) in [5.41, 5.74) is 2.98. The van der Waals surface area contributed by atoms with Crippen molar-refractivity contribution in [2.75, 3.05) is 6.54 Å². The van der Waals surface area contributed by atoms with E-state index < -0.39 is 11.0 Å². The normalized spacial score (nSPS) is 15.0. The Morgan fingerprint density at radius 3 is 2.67 bits per heavy atom. The van der Waals surface area contributed by atoms with Gasteiger partial charge in [-0.15, -0.1) is 0 Å². The van der Waals surface area contributed by atoms with Gasteiger partial charge in [-0.25, -0.2) is 0 Å². The first-order valence-corrected chi connectivity index (χ1v) is 8.44. The fraction of sp³-hybridized carbons (Fsp3) is 0.375. The quantitative estimate of drug-likeness (QED) is 0.593. The molecule has 1 aromatic carbocycles. The number of halogens is 1. The van der Waals surface area contributed by atoms with Crippen molar-refractivity contribution in [1.82, 2.24) is 14.7 Å². The van der Waals surface area contributed by atoms with Gasteiger partial charge in [-0.3, -0.25) is 4.79 Å². The Kier molecular flexibility index (Phi) is 4.40. The lowest BCUT2D eigenvalue weighted by Gasteiger charge is -2.30. The molecule has 0 radical (unpaired) electrons. The third kappa shape index (κ3) is 2.82. The molecule has 8 heteroatoms. The summed E-state index contributed by atoms with van der Waals surface area (Å²) in [7, 11) is 0. The van der Waals surface area contributed by atoms with Gasteiger partial charge < -0.3 is 15.0 Å². The highest BCUT2D eigenvalue weighted by atomic mass is 79.9. The monoisotopic (exact) mass is 392 g/mol. The van der Waals surface area contributed by atoms with Gasteiger partial charge in [0.15, 0.2) is 0 Å². The SMILES string of the molecule is Cc1c(Br)c([N+](=O)[O-])nn1[C@H](C)C(=O)N1CCc2ccccc2C1. The second-order valence-electron chi connectivity index (χ2n) is 5.88. The number of hydrogen-bond acceptors (Lipinski definition) is 4. The summed E-state index contributed by atoms with van der Waals surface area (Å²) in [5.74, 6) is -0.353. The Hall–Kier alpha value is -2.22. The van der Waals surface area contributed by atoms with E-state index in [1.165, 1.54) is 10.2 Å². The van der Waals surface area contributed by atoms with Crippen LogP contribution in [-0.2, 0) is 17.8 Å². The number of carbonyl (C=O) groups excluding carboxylic acids is 1. The predicted octanol–water partition coefficient (Wildman–Crippen LogP) is 3.01. The average Bonchev–Trinajstić information content (AvgIpc) is 2.89. The number of carbonyl (C=O) groups is 1.